The van der Waals surface area contributed by atoms with Gasteiger partial charge in [0.25, 0.3) is 0 Å². The van der Waals surface area contributed by atoms with Gasteiger partial charge in [-0.05, 0) is 26.0 Å². The fourth-order valence-corrected chi connectivity index (χ4v) is 1.61. The average molecular weight is 207 g/mol. The van der Waals surface area contributed by atoms with Gasteiger partial charge in [0.15, 0.2) is 0 Å². The number of rotatable bonds is 4. The number of thioether (sulfide) groups is 1. The predicted molar refractivity (Wildman–Crippen MR) is 59.3 cm³/mol. The minimum atomic E-state index is 0.761. The van der Waals surface area contributed by atoms with Crippen LogP contribution in [-0.4, -0.2) is 18.1 Å². The standard InChI is InChI=1S/C10H13N3S/c1-3-13(4-2)9-6-5-7-10(12-9)14-8-11/h5-7H,3-4H2,1-2H3. The Bertz CT molecular complexity index is 328. The summed E-state index contributed by atoms with van der Waals surface area (Å²) in [5.74, 6) is 0.940. The molecule has 0 atom stereocenters. The van der Waals surface area contributed by atoms with E-state index >= 15 is 0 Å². The van der Waals surface area contributed by atoms with Crippen molar-refractivity contribution in [2.24, 2.45) is 0 Å². The highest BCUT2D eigenvalue weighted by Crippen LogP contribution is 2.18. The van der Waals surface area contributed by atoms with Gasteiger partial charge >= 0.3 is 0 Å². The van der Waals surface area contributed by atoms with E-state index in [1.54, 1.807) is 0 Å². The number of anilines is 1. The number of aromatic nitrogens is 1. The quantitative estimate of drug-likeness (QED) is 0.562. The Balaban J connectivity index is 2.87. The molecule has 1 aromatic heterocycles. The minimum absolute atomic E-state index is 0.761. The molecule has 0 saturated carbocycles. The molecule has 0 unspecified atom stereocenters. The van der Waals surface area contributed by atoms with Crippen molar-refractivity contribution in [3.8, 4) is 5.40 Å². The van der Waals surface area contributed by atoms with Gasteiger partial charge in [-0.1, -0.05) is 6.07 Å². The molecule has 0 aliphatic rings. The number of pyridine rings is 1. The molecule has 4 heteroatoms. The largest absolute Gasteiger partial charge is 0.357 e. The molecule has 3 nitrogen and oxygen atoms in total. The van der Waals surface area contributed by atoms with Gasteiger partial charge in [0, 0.05) is 24.9 Å². The first-order valence-corrected chi connectivity index (χ1v) is 5.41. The van der Waals surface area contributed by atoms with Crippen LogP contribution in [0.4, 0.5) is 5.82 Å². The van der Waals surface area contributed by atoms with Crippen LogP contribution in [-0.2, 0) is 0 Å². The van der Waals surface area contributed by atoms with E-state index in [4.69, 9.17) is 5.26 Å². The third-order valence-corrected chi connectivity index (χ3v) is 2.47. The summed E-state index contributed by atoms with van der Waals surface area (Å²) in [6.07, 6.45) is 0. The summed E-state index contributed by atoms with van der Waals surface area (Å²) >= 11 is 1.10. The fraction of sp³-hybridized carbons (Fsp3) is 0.400. The van der Waals surface area contributed by atoms with Gasteiger partial charge in [-0.3, -0.25) is 0 Å². The van der Waals surface area contributed by atoms with Crippen LogP contribution in [0.5, 0.6) is 0 Å². The zero-order chi connectivity index (χ0) is 10.4. The highest BCUT2D eigenvalue weighted by molar-refractivity contribution is 8.03. The lowest BCUT2D eigenvalue weighted by Gasteiger charge is -2.19. The number of hydrogen-bond acceptors (Lipinski definition) is 4. The van der Waals surface area contributed by atoms with Crippen LogP contribution in [0.2, 0.25) is 0 Å². The van der Waals surface area contributed by atoms with Crippen molar-refractivity contribution < 1.29 is 0 Å². The van der Waals surface area contributed by atoms with Crippen molar-refractivity contribution in [2.75, 3.05) is 18.0 Å². The van der Waals surface area contributed by atoms with E-state index in [1.807, 2.05) is 23.6 Å². The van der Waals surface area contributed by atoms with Crippen LogP contribution in [0, 0.1) is 10.7 Å². The molecule has 0 spiro atoms. The van der Waals surface area contributed by atoms with Gasteiger partial charge in [0.1, 0.15) is 16.2 Å². The highest BCUT2D eigenvalue weighted by Gasteiger charge is 2.03. The lowest BCUT2D eigenvalue weighted by molar-refractivity contribution is 0.836. The van der Waals surface area contributed by atoms with Gasteiger partial charge in [-0.2, -0.15) is 5.26 Å². The first-order chi connectivity index (χ1) is 6.81. The highest BCUT2D eigenvalue weighted by atomic mass is 32.2. The summed E-state index contributed by atoms with van der Waals surface area (Å²) in [6, 6.07) is 5.75. The number of thiocyanates is 1. The van der Waals surface area contributed by atoms with Crippen LogP contribution >= 0.6 is 11.8 Å². The fourth-order valence-electron chi connectivity index (χ4n) is 1.23. The zero-order valence-corrected chi connectivity index (χ0v) is 9.21. The Morgan fingerprint density at radius 1 is 1.43 bits per heavy atom. The molecule has 0 bridgehead atoms. The van der Waals surface area contributed by atoms with Crippen LogP contribution < -0.4 is 4.90 Å². The van der Waals surface area contributed by atoms with E-state index in [2.05, 4.69) is 23.7 Å². The summed E-state index contributed by atoms with van der Waals surface area (Å²) < 4.78 is 0. The van der Waals surface area contributed by atoms with Gasteiger partial charge in [0.05, 0.1) is 0 Å². The van der Waals surface area contributed by atoms with E-state index in [-0.39, 0.29) is 0 Å². The molecule has 0 fully saturated rings. The van der Waals surface area contributed by atoms with Crippen molar-refractivity contribution in [3.05, 3.63) is 18.2 Å². The molecular weight excluding hydrogens is 194 g/mol. The third-order valence-electron chi connectivity index (χ3n) is 1.95. The molecule has 0 aliphatic heterocycles. The molecule has 1 aromatic rings. The summed E-state index contributed by atoms with van der Waals surface area (Å²) in [6.45, 7) is 6.05. The SMILES string of the molecule is CCN(CC)c1cccc(SC#N)n1. The van der Waals surface area contributed by atoms with Gasteiger partial charge in [-0.15, -0.1) is 0 Å². The molecule has 0 aliphatic carbocycles. The first-order valence-electron chi connectivity index (χ1n) is 4.59. The second-order valence-corrected chi connectivity index (χ2v) is 3.50. The molecule has 0 saturated heterocycles. The van der Waals surface area contributed by atoms with Crippen molar-refractivity contribution in [3.63, 3.8) is 0 Å². The summed E-state index contributed by atoms with van der Waals surface area (Å²) in [5.41, 5.74) is 0. The Morgan fingerprint density at radius 2 is 2.14 bits per heavy atom. The maximum atomic E-state index is 8.52. The van der Waals surface area contributed by atoms with Crippen molar-refractivity contribution >= 4 is 17.6 Å². The Hall–Kier alpha value is -1.21. The maximum absolute atomic E-state index is 8.52. The third kappa shape index (κ3) is 2.64. The second kappa shape index (κ2) is 5.51. The van der Waals surface area contributed by atoms with Crippen molar-refractivity contribution in [1.29, 1.82) is 5.26 Å². The Morgan fingerprint density at radius 3 is 2.71 bits per heavy atom. The molecular formula is C10H13N3S. The van der Waals surface area contributed by atoms with Gasteiger partial charge in [0.2, 0.25) is 0 Å². The van der Waals surface area contributed by atoms with E-state index in [1.165, 1.54) is 0 Å². The van der Waals surface area contributed by atoms with Crippen molar-refractivity contribution in [1.82, 2.24) is 4.98 Å². The smallest absolute Gasteiger partial charge is 0.140 e. The second-order valence-electron chi connectivity index (χ2n) is 2.70. The first kappa shape index (κ1) is 10.9. The van der Waals surface area contributed by atoms with Crippen LogP contribution in [0.3, 0.4) is 0 Å². The maximum Gasteiger partial charge on any atom is 0.140 e. The van der Waals surface area contributed by atoms with E-state index in [0.29, 0.717) is 0 Å². The zero-order valence-electron chi connectivity index (χ0n) is 8.40. The minimum Gasteiger partial charge on any atom is -0.357 e. The van der Waals surface area contributed by atoms with E-state index in [9.17, 15) is 0 Å². The monoisotopic (exact) mass is 207 g/mol. The Kier molecular flexibility index (Phi) is 4.27. The number of hydrogen-bond donors (Lipinski definition) is 0. The van der Waals surface area contributed by atoms with Gasteiger partial charge < -0.3 is 4.90 Å². The lowest BCUT2D eigenvalue weighted by atomic mass is 10.4. The molecule has 1 rings (SSSR count). The van der Waals surface area contributed by atoms with Crippen LogP contribution in [0.1, 0.15) is 13.8 Å². The van der Waals surface area contributed by atoms with Crippen LogP contribution in [0.25, 0.3) is 0 Å². The molecule has 1 heterocycles. The van der Waals surface area contributed by atoms with Crippen molar-refractivity contribution in [2.45, 2.75) is 18.9 Å². The molecule has 0 N–H and O–H groups in total. The Labute approximate surface area is 88.8 Å². The summed E-state index contributed by atoms with van der Waals surface area (Å²) in [5, 5.41) is 11.3. The molecule has 0 aromatic carbocycles. The normalized spacial score (nSPS) is 9.50. The summed E-state index contributed by atoms with van der Waals surface area (Å²) in [7, 11) is 0. The molecule has 14 heavy (non-hydrogen) atoms. The number of nitriles is 1. The van der Waals surface area contributed by atoms with E-state index < -0.39 is 0 Å². The molecule has 74 valence electrons. The van der Waals surface area contributed by atoms with Crippen LogP contribution in [0.15, 0.2) is 23.2 Å². The molecule has 0 amide bonds. The predicted octanol–water partition coefficient (Wildman–Crippen LogP) is 2.50. The average Bonchev–Trinajstić information content (AvgIpc) is 2.21. The molecule has 0 radical (unpaired) electrons. The number of nitrogens with zero attached hydrogens (tertiary/aromatic N) is 3. The summed E-state index contributed by atoms with van der Waals surface area (Å²) in [4.78, 5) is 6.53. The lowest BCUT2D eigenvalue weighted by Crippen LogP contribution is -2.22. The van der Waals surface area contributed by atoms with E-state index in [0.717, 1.165) is 35.7 Å². The van der Waals surface area contributed by atoms with Gasteiger partial charge in [-0.25, -0.2) is 4.98 Å². The topological polar surface area (TPSA) is 39.9 Å².